The number of piperazine rings is 1. The number of hydrogen-bond acceptors (Lipinski definition) is 5. The van der Waals surface area contributed by atoms with Gasteiger partial charge in [-0.05, 0) is 49.4 Å². The molecule has 1 aromatic heterocycles. The maximum absolute atomic E-state index is 13.2. The average molecular weight is 446 g/mol. The molecule has 0 unspecified atom stereocenters. The summed E-state index contributed by atoms with van der Waals surface area (Å²) in [7, 11) is -0.439. The highest BCUT2D eigenvalue weighted by molar-refractivity contribution is 7.89. The van der Waals surface area contributed by atoms with Gasteiger partial charge in [0.2, 0.25) is 10.0 Å². The molecule has 1 saturated heterocycles. The summed E-state index contributed by atoms with van der Waals surface area (Å²) in [4.78, 5) is 9.65. The van der Waals surface area contributed by atoms with E-state index in [9.17, 15) is 12.8 Å². The van der Waals surface area contributed by atoms with Gasteiger partial charge in [0.05, 0.1) is 22.5 Å². The molecule has 0 bridgehead atoms. The SMILES string of the molecule is CCn1c(CN2CCN(c3ccc(F)cc3)CC2)nc2cc(S(=O)(=O)N(C)C)ccc21. The van der Waals surface area contributed by atoms with Gasteiger partial charge in [0.15, 0.2) is 0 Å². The molecule has 1 fully saturated rings. The Hall–Kier alpha value is -2.49. The van der Waals surface area contributed by atoms with Gasteiger partial charge in [0.25, 0.3) is 0 Å². The molecule has 2 aromatic carbocycles. The fourth-order valence-electron chi connectivity index (χ4n) is 4.02. The molecule has 2 heterocycles. The zero-order valence-electron chi connectivity index (χ0n) is 18.1. The number of halogens is 1. The Bertz CT molecular complexity index is 1170. The second kappa shape index (κ2) is 8.57. The number of benzene rings is 2. The van der Waals surface area contributed by atoms with Crippen LogP contribution in [-0.2, 0) is 23.1 Å². The van der Waals surface area contributed by atoms with E-state index in [1.165, 1.54) is 30.5 Å². The van der Waals surface area contributed by atoms with Gasteiger partial charge in [-0.15, -0.1) is 0 Å². The van der Waals surface area contributed by atoms with Gasteiger partial charge in [-0.1, -0.05) is 0 Å². The van der Waals surface area contributed by atoms with Crippen LogP contribution in [-0.4, -0.2) is 67.4 Å². The Morgan fingerprint density at radius 3 is 2.32 bits per heavy atom. The van der Waals surface area contributed by atoms with E-state index in [1.54, 1.807) is 12.1 Å². The summed E-state index contributed by atoms with van der Waals surface area (Å²) in [6.07, 6.45) is 0. The van der Waals surface area contributed by atoms with Crippen molar-refractivity contribution in [2.45, 2.75) is 24.9 Å². The van der Waals surface area contributed by atoms with Crippen molar-refractivity contribution in [3.05, 3.63) is 54.1 Å². The fraction of sp³-hybridized carbons (Fsp3) is 0.409. The van der Waals surface area contributed by atoms with Crippen molar-refractivity contribution >= 4 is 26.7 Å². The zero-order valence-corrected chi connectivity index (χ0v) is 18.9. The predicted octanol–water partition coefficient (Wildman–Crippen LogP) is 2.77. The number of aromatic nitrogens is 2. The normalized spacial score (nSPS) is 15.8. The van der Waals surface area contributed by atoms with Crippen molar-refractivity contribution in [1.29, 1.82) is 0 Å². The molecule has 1 aliphatic heterocycles. The topological polar surface area (TPSA) is 61.7 Å². The van der Waals surface area contributed by atoms with E-state index >= 15 is 0 Å². The van der Waals surface area contributed by atoms with E-state index in [0.717, 1.165) is 49.8 Å². The van der Waals surface area contributed by atoms with Crippen LogP contribution in [0.1, 0.15) is 12.7 Å². The second-order valence-electron chi connectivity index (χ2n) is 7.95. The predicted molar refractivity (Wildman–Crippen MR) is 120 cm³/mol. The molecule has 31 heavy (non-hydrogen) atoms. The van der Waals surface area contributed by atoms with Crippen molar-refractivity contribution in [1.82, 2.24) is 18.8 Å². The maximum Gasteiger partial charge on any atom is 0.242 e. The van der Waals surface area contributed by atoms with Crippen molar-refractivity contribution in [3.8, 4) is 0 Å². The summed E-state index contributed by atoms with van der Waals surface area (Å²) >= 11 is 0. The van der Waals surface area contributed by atoms with Gasteiger partial charge >= 0.3 is 0 Å². The standard InChI is InChI=1S/C22H28FN5O2S/c1-4-28-21-10-9-19(31(29,30)25(2)3)15-20(21)24-22(28)16-26-11-13-27(14-12-26)18-7-5-17(23)6-8-18/h5-10,15H,4,11-14,16H2,1-3H3. The van der Waals surface area contributed by atoms with Crippen LogP contribution < -0.4 is 4.90 Å². The van der Waals surface area contributed by atoms with E-state index in [2.05, 4.69) is 21.3 Å². The van der Waals surface area contributed by atoms with E-state index in [-0.39, 0.29) is 10.7 Å². The van der Waals surface area contributed by atoms with Gasteiger partial charge < -0.3 is 9.47 Å². The third-order valence-corrected chi connectivity index (χ3v) is 7.63. The van der Waals surface area contributed by atoms with Crippen LogP contribution >= 0.6 is 0 Å². The lowest BCUT2D eigenvalue weighted by Crippen LogP contribution is -2.46. The molecular weight excluding hydrogens is 417 g/mol. The molecule has 166 valence electrons. The van der Waals surface area contributed by atoms with E-state index in [1.807, 2.05) is 18.2 Å². The molecule has 1 aliphatic rings. The third-order valence-electron chi connectivity index (χ3n) is 5.82. The minimum atomic E-state index is -3.50. The summed E-state index contributed by atoms with van der Waals surface area (Å²) in [6, 6.07) is 11.8. The van der Waals surface area contributed by atoms with Crippen LogP contribution in [0, 0.1) is 5.82 Å². The summed E-state index contributed by atoms with van der Waals surface area (Å²) < 4.78 is 41.5. The first-order valence-corrected chi connectivity index (χ1v) is 11.9. The van der Waals surface area contributed by atoms with Gasteiger partial charge in [-0.2, -0.15) is 0 Å². The molecule has 7 nitrogen and oxygen atoms in total. The van der Waals surface area contributed by atoms with Crippen LogP contribution in [0.3, 0.4) is 0 Å². The number of rotatable bonds is 6. The van der Waals surface area contributed by atoms with Crippen LogP contribution in [0.2, 0.25) is 0 Å². The molecule has 0 N–H and O–H groups in total. The van der Waals surface area contributed by atoms with Gasteiger partial charge in [0, 0.05) is 52.5 Å². The molecule has 4 rings (SSSR count). The first-order valence-electron chi connectivity index (χ1n) is 10.4. The lowest BCUT2D eigenvalue weighted by Gasteiger charge is -2.36. The number of sulfonamides is 1. The molecule has 3 aromatic rings. The lowest BCUT2D eigenvalue weighted by molar-refractivity contribution is 0.241. The Labute approximate surface area is 182 Å². The Balaban J connectivity index is 1.51. The summed E-state index contributed by atoms with van der Waals surface area (Å²) in [5, 5.41) is 0. The van der Waals surface area contributed by atoms with Crippen molar-refractivity contribution in [3.63, 3.8) is 0 Å². The Kier molecular flexibility index (Phi) is 6.00. The number of imidazole rings is 1. The van der Waals surface area contributed by atoms with Crippen molar-refractivity contribution in [2.75, 3.05) is 45.2 Å². The summed E-state index contributed by atoms with van der Waals surface area (Å²) in [5.74, 6) is 0.717. The highest BCUT2D eigenvalue weighted by atomic mass is 32.2. The highest BCUT2D eigenvalue weighted by Gasteiger charge is 2.22. The van der Waals surface area contributed by atoms with Gasteiger partial charge in [-0.25, -0.2) is 22.1 Å². The Morgan fingerprint density at radius 1 is 1.03 bits per heavy atom. The molecule has 9 heteroatoms. The first kappa shape index (κ1) is 21.7. The quantitative estimate of drug-likeness (QED) is 0.584. The van der Waals surface area contributed by atoms with Crippen molar-refractivity contribution < 1.29 is 12.8 Å². The minimum Gasteiger partial charge on any atom is -0.369 e. The molecule has 0 amide bonds. The zero-order chi connectivity index (χ0) is 22.2. The van der Waals surface area contributed by atoms with Crippen LogP contribution in [0.5, 0.6) is 0 Å². The minimum absolute atomic E-state index is 0.220. The summed E-state index contributed by atoms with van der Waals surface area (Å²) in [5.41, 5.74) is 2.68. The monoisotopic (exact) mass is 445 g/mol. The van der Waals surface area contributed by atoms with E-state index in [4.69, 9.17) is 4.98 Å². The molecule has 0 aliphatic carbocycles. The van der Waals surface area contributed by atoms with Crippen LogP contribution in [0.4, 0.5) is 10.1 Å². The molecule has 0 saturated carbocycles. The summed E-state index contributed by atoms with van der Waals surface area (Å²) in [6.45, 7) is 7.03. The number of hydrogen-bond donors (Lipinski definition) is 0. The lowest BCUT2D eigenvalue weighted by atomic mass is 10.2. The van der Waals surface area contributed by atoms with E-state index < -0.39 is 10.0 Å². The number of anilines is 1. The average Bonchev–Trinajstić information content (AvgIpc) is 3.11. The molecule has 0 spiro atoms. The fourth-order valence-corrected chi connectivity index (χ4v) is 4.94. The maximum atomic E-state index is 13.2. The van der Waals surface area contributed by atoms with Crippen LogP contribution in [0.25, 0.3) is 11.0 Å². The smallest absolute Gasteiger partial charge is 0.242 e. The van der Waals surface area contributed by atoms with Crippen LogP contribution in [0.15, 0.2) is 47.4 Å². The molecular formula is C22H28FN5O2S. The Morgan fingerprint density at radius 2 is 1.71 bits per heavy atom. The number of aryl methyl sites for hydroxylation is 1. The van der Waals surface area contributed by atoms with Gasteiger partial charge in [-0.3, -0.25) is 4.90 Å². The first-order chi connectivity index (χ1) is 14.8. The van der Waals surface area contributed by atoms with Gasteiger partial charge in [0.1, 0.15) is 11.6 Å². The largest absolute Gasteiger partial charge is 0.369 e. The molecule has 0 radical (unpaired) electrons. The number of nitrogens with zero attached hydrogens (tertiary/aromatic N) is 5. The van der Waals surface area contributed by atoms with Crippen molar-refractivity contribution in [2.24, 2.45) is 0 Å². The number of fused-ring (bicyclic) bond motifs is 1. The second-order valence-corrected chi connectivity index (χ2v) is 10.1. The van der Waals surface area contributed by atoms with E-state index in [0.29, 0.717) is 12.1 Å². The molecule has 0 atom stereocenters. The highest BCUT2D eigenvalue weighted by Crippen LogP contribution is 2.24. The third kappa shape index (κ3) is 4.30.